The summed E-state index contributed by atoms with van der Waals surface area (Å²) in [5, 5.41) is 11.0. The zero-order chi connectivity index (χ0) is 14.1. The molecule has 104 valence electrons. The Morgan fingerprint density at radius 1 is 1.30 bits per heavy atom. The first-order valence-corrected chi connectivity index (χ1v) is 6.44. The summed E-state index contributed by atoms with van der Waals surface area (Å²) < 4.78 is 11.1. The van der Waals surface area contributed by atoms with Gasteiger partial charge in [-0.05, 0) is 18.9 Å². The topological polar surface area (TPSA) is 78.7 Å². The largest absolute Gasteiger partial charge is 0.463 e. The number of rotatable bonds is 2. The van der Waals surface area contributed by atoms with E-state index < -0.39 is 11.2 Å². The molecule has 1 saturated heterocycles. The van der Waals surface area contributed by atoms with Gasteiger partial charge in [0.1, 0.15) is 5.76 Å². The molecule has 3 rings (SSSR count). The molecule has 0 bridgehead atoms. The van der Waals surface area contributed by atoms with Crippen LogP contribution in [0.4, 0.5) is 5.69 Å². The highest BCUT2D eigenvalue weighted by atomic mass is 16.7. The number of allylic oxidation sites excluding steroid dienone is 1. The second-order valence-corrected chi connectivity index (χ2v) is 4.79. The van der Waals surface area contributed by atoms with E-state index in [-0.39, 0.29) is 23.1 Å². The molecule has 0 N–H and O–H groups in total. The van der Waals surface area contributed by atoms with Crippen LogP contribution in [0.5, 0.6) is 0 Å². The minimum atomic E-state index is -0.629. The summed E-state index contributed by atoms with van der Waals surface area (Å²) in [4.78, 5) is 22.6. The highest BCUT2D eigenvalue weighted by Gasteiger charge is 2.38. The molecule has 0 amide bonds. The normalized spacial score (nSPS) is 25.4. The van der Waals surface area contributed by atoms with Gasteiger partial charge >= 0.3 is 0 Å². The van der Waals surface area contributed by atoms with Gasteiger partial charge in [0.05, 0.1) is 23.0 Å². The van der Waals surface area contributed by atoms with Crippen LogP contribution in [0.1, 0.15) is 18.4 Å². The fraction of sp³-hybridized carbons (Fsp3) is 0.357. The standard InChI is InChI=1S/C14H13NO5/c16-12-8-13(20-14-10(12)5-3-7-19-14)9-4-1-2-6-11(9)15(17)18/h1-2,4,6,8,10,14H,3,5,7H2/t10-,14-/m0/s1. The highest BCUT2D eigenvalue weighted by molar-refractivity contribution is 5.99. The lowest BCUT2D eigenvalue weighted by Gasteiger charge is -2.34. The first-order valence-electron chi connectivity index (χ1n) is 6.44. The van der Waals surface area contributed by atoms with Crippen LogP contribution in [-0.4, -0.2) is 23.6 Å². The maximum absolute atomic E-state index is 12.1. The molecule has 1 aromatic rings. The van der Waals surface area contributed by atoms with Crippen molar-refractivity contribution in [3.8, 4) is 0 Å². The van der Waals surface area contributed by atoms with Crippen LogP contribution in [0, 0.1) is 16.0 Å². The number of hydrogen-bond acceptors (Lipinski definition) is 5. The van der Waals surface area contributed by atoms with E-state index in [4.69, 9.17) is 9.47 Å². The van der Waals surface area contributed by atoms with Crippen LogP contribution in [-0.2, 0) is 14.3 Å². The van der Waals surface area contributed by atoms with Crippen LogP contribution in [0.15, 0.2) is 30.3 Å². The zero-order valence-electron chi connectivity index (χ0n) is 10.7. The van der Waals surface area contributed by atoms with E-state index >= 15 is 0 Å². The van der Waals surface area contributed by atoms with Gasteiger partial charge in [-0.15, -0.1) is 0 Å². The average Bonchev–Trinajstić information content (AvgIpc) is 2.47. The van der Waals surface area contributed by atoms with Gasteiger partial charge in [0, 0.05) is 12.1 Å². The van der Waals surface area contributed by atoms with Gasteiger partial charge in [-0.2, -0.15) is 0 Å². The Labute approximate surface area is 115 Å². The predicted octanol–water partition coefficient (Wildman–Crippen LogP) is 2.29. The molecule has 0 radical (unpaired) electrons. The number of ketones is 1. The number of fused-ring (bicyclic) bond motifs is 1. The molecule has 6 nitrogen and oxygen atoms in total. The molecule has 20 heavy (non-hydrogen) atoms. The number of ether oxygens (including phenoxy) is 2. The summed E-state index contributed by atoms with van der Waals surface area (Å²) in [5.74, 6) is -0.171. The summed E-state index contributed by atoms with van der Waals surface area (Å²) in [6.07, 6.45) is 2.27. The summed E-state index contributed by atoms with van der Waals surface area (Å²) in [6, 6.07) is 6.20. The summed E-state index contributed by atoms with van der Waals surface area (Å²) in [6.45, 7) is 0.540. The monoisotopic (exact) mass is 275 g/mol. The lowest BCUT2D eigenvalue weighted by Crippen LogP contribution is -2.39. The Bertz CT molecular complexity index is 595. The number of nitro groups is 1. The van der Waals surface area contributed by atoms with E-state index in [0.717, 1.165) is 12.8 Å². The molecule has 2 aliphatic heterocycles. The van der Waals surface area contributed by atoms with Crippen molar-refractivity contribution in [3.05, 3.63) is 46.0 Å². The first kappa shape index (κ1) is 12.8. The van der Waals surface area contributed by atoms with Gasteiger partial charge in [-0.3, -0.25) is 14.9 Å². The number of para-hydroxylation sites is 1. The van der Waals surface area contributed by atoms with Gasteiger partial charge < -0.3 is 9.47 Å². The third kappa shape index (κ3) is 2.18. The summed E-state index contributed by atoms with van der Waals surface area (Å²) in [5.41, 5.74) is 0.222. The Hall–Kier alpha value is -2.21. The maximum Gasteiger partial charge on any atom is 0.280 e. The number of carbonyl (C=O) groups excluding carboxylic acids is 1. The molecule has 0 aliphatic carbocycles. The van der Waals surface area contributed by atoms with Crippen molar-refractivity contribution in [2.45, 2.75) is 19.1 Å². The molecule has 1 aromatic carbocycles. The molecule has 6 heteroatoms. The van der Waals surface area contributed by atoms with E-state index in [1.54, 1.807) is 18.2 Å². The molecule has 2 atom stereocenters. The van der Waals surface area contributed by atoms with Gasteiger partial charge in [0.2, 0.25) is 6.29 Å². The molecule has 0 aromatic heterocycles. The SMILES string of the molecule is O=C1C=C(c2ccccc2[N+](=O)[O-])O[C@@H]2OCCC[C@@H]12. The van der Waals surface area contributed by atoms with Crippen molar-refractivity contribution in [2.24, 2.45) is 5.92 Å². The fourth-order valence-corrected chi connectivity index (χ4v) is 2.53. The number of hydrogen-bond donors (Lipinski definition) is 0. The smallest absolute Gasteiger partial charge is 0.280 e. The third-order valence-electron chi connectivity index (χ3n) is 3.52. The van der Waals surface area contributed by atoms with Crippen LogP contribution in [0.3, 0.4) is 0 Å². The van der Waals surface area contributed by atoms with E-state index in [9.17, 15) is 14.9 Å². The zero-order valence-corrected chi connectivity index (χ0v) is 10.7. The van der Waals surface area contributed by atoms with Crippen molar-refractivity contribution >= 4 is 17.2 Å². The quantitative estimate of drug-likeness (QED) is 0.611. The maximum atomic E-state index is 12.1. The minimum Gasteiger partial charge on any atom is -0.463 e. The molecule has 0 unspecified atom stereocenters. The Balaban J connectivity index is 1.99. The Morgan fingerprint density at radius 3 is 2.90 bits per heavy atom. The lowest BCUT2D eigenvalue weighted by molar-refractivity contribution is -0.385. The third-order valence-corrected chi connectivity index (χ3v) is 3.52. The van der Waals surface area contributed by atoms with E-state index in [1.807, 2.05) is 0 Å². The van der Waals surface area contributed by atoms with Gasteiger partial charge in [-0.25, -0.2) is 0 Å². The molecule has 0 saturated carbocycles. The van der Waals surface area contributed by atoms with Crippen LogP contribution < -0.4 is 0 Å². The van der Waals surface area contributed by atoms with Gasteiger partial charge in [-0.1, -0.05) is 12.1 Å². The van der Waals surface area contributed by atoms with Crippen molar-refractivity contribution in [1.29, 1.82) is 0 Å². The Kier molecular flexibility index (Phi) is 3.23. The van der Waals surface area contributed by atoms with Crippen molar-refractivity contribution in [1.82, 2.24) is 0 Å². The first-order chi connectivity index (χ1) is 9.66. The lowest BCUT2D eigenvalue weighted by atomic mass is 9.92. The van der Waals surface area contributed by atoms with Crippen molar-refractivity contribution in [3.63, 3.8) is 0 Å². The average molecular weight is 275 g/mol. The molecule has 1 fully saturated rings. The van der Waals surface area contributed by atoms with E-state index in [1.165, 1.54) is 12.1 Å². The van der Waals surface area contributed by atoms with Crippen LogP contribution >= 0.6 is 0 Å². The van der Waals surface area contributed by atoms with E-state index in [2.05, 4.69) is 0 Å². The number of nitrogens with zero attached hydrogens (tertiary/aromatic N) is 1. The number of nitro benzene ring substituents is 1. The molecular formula is C14H13NO5. The van der Waals surface area contributed by atoms with Crippen LogP contribution in [0.25, 0.3) is 5.76 Å². The molecule has 2 heterocycles. The number of carbonyl (C=O) groups is 1. The van der Waals surface area contributed by atoms with Gasteiger partial charge in [0.15, 0.2) is 5.78 Å². The molecule has 2 aliphatic rings. The van der Waals surface area contributed by atoms with E-state index in [0.29, 0.717) is 12.2 Å². The molecular weight excluding hydrogens is 262 g/mol. The second kappa shape index (κ2) is 5.05. The van der Waals surface area contributed by atoms with Crippen molar-refractivity contribution in [2.75, 3.05) is 6.61 Å². The second-order valence-electron chi connectivity index (χ2n) is 4.79. The molecule has 0 spiro atoms. The Morgan fingerprint density at radius 2 is 2.10 bits per heavy atom. The van der Waals surface area contributed by atoms with Gasteiger partial charge in [0.25, 0.3) is 5.69 Å². The highest BCUT2D eigenvalue weighted by Crippen LogP contribution is 2.35. The summed E-state index contributed by atoms with van der Waals surface area (Å²) in [7, 11) is 0. The van der Waals surface area contributed by atoms with Crippen molar-refractivity contribution < 1.29 is 19.2 Å². The van der Waals surface area contributed by atoms with Crippen LogP contribution in [0.2, 0.25) is 0 Å². The number of benzene rings is 1. The predicted molar refractivity (Wildman–Crippen MR) is 69.6 cm³/mol. The minimum absolute atomic E-state index is 0.0826. The summed E-state index contributed by atoms with van der Waals surface area (Å²) >= 11 is 0. The fourth-order valence-electron chi connectivity index (χ4n) is 2.53.